The minimum atomic E-state index is -0.951. The van der Waals surface area contributed by atoms with Gasteiger partial charge in [0, 0.05) is 62.4 Å². The van der Waals surface area contributed by atoms with Crippen LogP contribution in [0.2, 0.25) is 0 Å². The lowest BCUT2D eigenvalue weighted by Crippen LogP contribution is -2.36. The van der Waals surface area contributed by atoms with E-state index in [-0.39, 0.29) is 48.4 Å². The Morgan fingerprint density at radius 1 is 0.672 bits per heavy atom. The van der Waals surface area contributed by atoms with E-state index in [1.165, 1.54) is 0 Å². The predicted octanol–water partition coefficient (Wildman–Crippen LogP) is 6.99. The van der Waals surface area contributed by atoms with Crippen LogP contribution in [0.1, 0.15) is 113 Å². The van der Waals surface area contributed by atoms with Crippen LogP contribution in [0.4, 0.5) is 4.79 Å². The number of hydrogen-bond acceptors (Lipinski definition) is 9. The van der Waals surface area contributed by atoms with E-state index in [0.29, 0.717) is 50.8 Å². The van der Waals surface area contributed by atoms with E-state index in [9.17, 15) is 24.3 Å². The van der Waals surface area contributed by atoms with Gasteiger partial charge in [0.05, 0.1) is 32.9 Å². The Morgan fingerprint density at radius 2 is 1.17 bits per heavy atom. The lowest BCUT2D eigenvalue weighted by Gasteiger charge is -2.37. The third-order valence-corrected chi connectivity index (χ3v) is 13.7. The van der Waals surface area contributed by atoms with Crippen LogP contribution in [0.3, 0.4) is 0 Å². The molecule has 3 aromatic rings. The van der Waals surface area contributed by atoms with E-state index in [1.807, 2.05) is 78.5 Å². The first kappa shape index (κ1) is 50.2. The Bertz CT molecular complexity index is 1800. The molecule has 2 saturated heterocycles. The summed E-state index contributed by atoms with van der Waals surface area (Å²) in [7, 11) is 3.29. The number of aliphatic hydroxyl groups excluding tert-OH is 1. The minimum absolute atomic E-state index is 0.0181. The van der Waals surface area contributed by atoms with Crippen molar-refractivity contribution in [3.63, 3.8) is 0 Å². The molecule has 2 fully saturated rings. The summed E-state index contributed by atoms with van der Waals surface area (Å²) in [4.78, 5) is 48.5. The molecule has 4 atom stereocenters. The Balaban J connectivity index is 0.883. The average molecular weight is 902 g/mol. The summed E-state index contributed by atoms with van der Waals surface area (Å²) in [5, 5.41) is 25.8. The quantitative estimate of drug-likeness (QED) is 0.0226. The molecule has 3 aromatic carbocycles. The van der Waals surface area contributed by atoms with Gasteiger partial charge >= 0.3 is 6.03 Å². The fraction of sp³-hybridized carbons (Fsp3) is 0.560. The molecule has 13 nitrogen and oxygen atoms in total. The van der Waals surface area contributed by atoms with Gasteiger partial charge in [0.1, 0.15) is 17.1 Å². The number of methoxy groups -OCH3 is 2. The molecule has 1 unspecified atom stereocenters. The molecule has 0 aliphatic carbocycles. The van der Waals surface area contributed by atoms with Crippen molar-refractivity contribution < 1.29 is 38.5 Å². The maximum atomic E-state index is 12.5. The summed E-state index contributed by atoms with van der Waals surface area (Å²) in [5.74, 6) is 2.50. The number of nitrogens with one attached hydrogen (secondary N) is 5. The summed E-state index contributed by atoms with van der Waals surface area (Å²) in [6.45, 7) is 2.11. The second-order valence-corrected chi connectivity index (χ2v) is 18.2. The van der Waals surface area contributed by atoms with Gasteiger partial charge in [-0.25, -0.2) is 4.79 Å². The van der Waals surface area contributed by atoms with Crippen LogP contribution in [-0.2, 0) is 24.7 Å². The molecule has 6 N–H and O–H groups in total. The number of hydrogen-bond donors (Lipinski definition) is 6. The van der Waals surface area contributed by atoms with Crippen LogP contribution in [0.5, 0.6) is 11.5 Å². The smallest absolute Gasteiger partial charge is 0.315 e. The number of aliphatic hydroxyl groups is 1. The topological polar surface area (TPSA) is 176 Å². The van der Waals surface area contributed by atoms with Crippen LogP contribution < -0.4 is 36.1 Å². The van der Waals surface area contributed by atoms with Gasteiger partial charge in [0.15, 0.2) is 0 Å². The summed E-state index contributed by atoms with van der Waals surface area (Å²) in [6.07, 6.45) is 11.6. The maximum absolute atomic E-state index is 12.5. The van der Waals surface area contributed by atoms with Crippen LogP contribution >= 0.6 is 11.8 Å². The number of thioether (sulfide) groups is 1. The van der Waals surface area contributed by atoms with Gasteiger partial charge in [0.2, 0.25) is 17.7 Å². The molecule has 0 spiro atoms. The zero-order valence-electron chi connectivity index (χ0n) is 37.9. The first-order valence-electron chi connectivity index (χ1n) is 23.3. The zero-order chi connectivity index (χ0) is 45.4. The molecule has 64 heavy (non-hydrogen) atoms. The number of urea groups is 1. The average Bonchev–Trinajstić information content (AvgIpc) is 3.88. The second kappa shape index (κ2) is 27.5. The molecule has 5 rings (SSSR count). The lowest BCUT2D eigenvalue weighted by molar-refractivity contribution is -0.122. The Hall–Kier alpha value is -4.79. The number of ether oxygens (including phenoxy) is 3. The largest absolute Gasteiger partial charge is 0.497 e. The summed E-state index contributed by atoms with van der Waals surface area (Å²) < 4.78 is 17.9. The fourth-order valence-electron chi connectivity index (χ4n) is 8.50. The molecule has 0 saturated carbocycles. The standard InChI is InChI=1S/C50H71N5O8S/c1-61-41-27-23-39(24-28-41)50(38-17-6-3-7-18-38,40-25-29-42(62-2)30-26-40)63-35-37(34-56)16-12-15-33-53-46(58)21-9-5-13-31-51-45(57)20-8-4-14-32-52-47(59)22-11-10-19-44-48-43(36-64-44)54-49(60)55-48/h3,6-7,17-18,23-30,37,43-44,48,56H,4-5,8-16,19-22,31-36H2,1-2H3,(H,51,57)(H,52,59)(H,53,58)(H2,54,55,60)/t37?,43-,44-,48-/m0/s1. The van der Waals surface area contributed by atoms with Crippen molar-refractivity contribution in [2.45, 2.75) is 119 Å². The molecular formula is C50H71N5O8S. The van der Waals surface area contributed by atoms with Crippen molar-refractivity contribution in [1.82, 2.24) is 26.6 Å². The minimum Gasteiger partial charge on any atom is -0.497 e. The van der Waals surface area contributed by atoms with Crippen molar-refractivity contribution in [2.75, 3.05) is 52.8 Å². The highest BCUT2D eigenvalue weighted by atomic mass is 32.2. The Labute approximate surface area is 384 Å². The van der Waals surface area contributed by atoms with Gasteiger partial charge < -0.3 is 45.9 Å². The monoisotopic (exact) mass is 902 g/mol. The second-order valence-electron chi connectivity index (χ2n) is 16.9. The van der Waals surface area contributed by atoms with E-state index in [2.05, 4.69) is 38.7 Å². The van der Waals surface area contributed by atoms with Crippen LogP contribution in [0.15, 0.2) is 78.9 Å². The van der Waals surface area contributed by atoms with Crippen molar-refractivity contribution in [2.24, 2.45) is 5.92 Å². The van der Waals surface area contributed by atoms with Gasteiger partial charge in [-0.15, -0.1) is 0 Å². The SMILES string of the molecule is COc1ccc(C(OCC(CO)CCCCNC(=O)CCCCCNC(=O)CCCCCNC(=O)CCCC[C@@H]2SC[C@@H]3NC(=O)N[C@@H]32)(c2ccccc2)c2ccc(OC)cc2)cc1. The first-order chi connectivity index (χ1) is 31.2. The number of unbranched alkanes of at least 4 members (excludes halogenated alkanes) is 6. The molecule has 2 aliphatic heterocycles. The molecule has 2 aliphatic rings. The van der Waals surface area contributed by atoms with E-state index in [4.69, 9.17) is 14.2 Å². The van der Waals surface area contributed by atoms with E-state index < -0.39 is 5.60 Å². The van der Waals surface area contributed by atoms with E-state index in [0.717, 1.165) is 111 Å². The fourth-order valence-corrected chi connectivity index (χ4v) is 10.0. The van der Waals surface area contributed by atoms with Gasteiger partial charge in [-0.2, -0.15) is 11.8 Å². The molecule has 2 heterocycles. The molecule has 350 valence electrons. The summed E-state index contributed by atoms with van der Waals surface area (Å²) in [5.41, 5.74) is 1.89. The number of rotatable bonds is 31. The first-order valence-corrected chi connectivity index (χ1v) is 24.4. The van der Waals surface area contributed by atoms with Crippen molar-refractivity contribution in [3.05, 3.63) is 95.6 Å². The third kappa shape index (κ3) is 15.7. The number of amides is 5. The highest BCUT2D eigenvalue weighted by molar-refractivity contribution is 8.00. The van der Waals surface area contributed by atoms with Crippen molar-refractivity contribution in [3.8, 4) is 11.5 Å². The van der Waals surface area contributed by atoms with Crippen LogP contribution in [-0.4, -0.2) is 99.0 Å². The normalized spacial score (nSPS) is 17.2. The van der Waals surface area contributed by atoms with Gasteiger partial charge in [-0.05, 0) is 92.3 Å². The van der Waals surface area contributed by atoms with Gasteiger partial charge in [0.25, 0.3) is 0 Å². The number of benzene rings is 3. The molecule has 14 heteroatoms. The predicted molar refractivity (Wildman–Crippen MR) is 253 cm³/mol. The highest BCUT2D eigenvalue weighted by Gasteiger charge is 2.42. The Morgan fingerprint density at radius 3 is 1.69 bits per heavy atom. The molecule has 0 radical (unpaired) electrons. The summed E-state index contributed by atoms with van der Waals surface area (Å²) >= 11 is 1.90. The molecule has 0 aromatic heterocycles. The lowest BCUT2D eigenvalue weighted by atomic mass is 9.79. The molecule has 0 bridgehead atoms. The number of carbonyl (C=O) groups is 4. The maximum Gasteiger partial charge on any atom is 0.315 e. The van der Waals surface area contributed by atoms with Crippen molar-refractivity contribution >= 4 is 35.5 Å². The van der Waals surface area contributed by atoms with Crippen molar-refractivity contribution in [1.29, 1.82) is 0 Å². The van der Waals surface area contributed by atoms with Gasteiger partial charge in [-0.1, -0.05) is 80.3 Å². The van der Waals surface area contributed by atoms with Crippen LogP contribution in [0, 0.1) is 5.92 Å². The molecule has 5 amide bonds. The van der Waals surface area contributed by atoms with E-state index >= 15 is 0 Å². The summed E-state index contributed by atoms with van der Waals surface area (Å²) in [6, 6.07) is 26.3. The third-order valence-electron chi connectivity index (χ3n) is 12.2. The van der Waals surface area contributed by atoms with Gasteiger partial charge in [-0.3, -0.25) is 14.4 Å². The zero-order valence-corrected chi connectivity index (χ0v) is 38.7. The Kier molecular flexibility index (Phi) is 21.6. The number of carbonyl (C=O) groups excluding carboxylic acids is 4. The molecular weight excluding hydrogens is 831 g/mol. The highest BCUT2D eigenvalue weighted by Crippen LogP contribution is 2.42. The van der Waals surface area contributed by atoms with E-state index in [1.54, 1.807) is 14.2 Å². The number of fused-ring (bicyclic) bond motifs is 1. The van der Waals surface area contributed by atoms with Crippen LogP contribution in [0.25, 0.3) is 0 Å².